The first-order valence-electron chi connectivity index (χ1n) is 4.65. The molecule has 1 N–H and O–H groups in total. The number of carboxylic acid groups (broad SMARTS) is 1. The molecule has 0 amide bonds. The number of aryl methyl sites for hydroxylation is 1. The second kappa shape index (κ2) is 5.40. The van der Waals surface area contributed by atoms with Crippen LogP contribution in [-0.4, -0.2) is 21.2 Å². The quantitative estimate of drug-likeness (QED) is 0.610. The van der Waals surface area contributed by atoms with E-state index in [-0.39, 0.29) is 19.0 Å². The zero-order valence-corrected chi connectivity index (χ0v) is 9.76. The van der Waals surface area contributed by atoms with Gasteiger partial charge < -0.3 is 21.9 Å². The Morgan fingerprint density at radius 1 is 1.59 bits per heavy atom. The lowest BCUT2D eigenvalue weighted by Gasteiger charge is -1.92. The summed E-state index contributed by atoms with van der Waals surface area (Å²) in [7, 11) is 0. The highest BCUT2D eigenvalue weighted by atomic mass is 35.5. The third-order valence-corrected chi connectivity index (χ3v) is 1.93. The standard InChI is InChI=1S/C10H9N3O3.ClH/c1-7-6-16-10(12-7)8-2-3-13(11-4-8)5-9(14)15;/h2-4,6H,5H2,1H3;1H. The van der Waals surface area contributed by atoms with E-state index < -0.39 is 5.97 Å². The van der Waals surface area contributed by atoms with Crippen LogP contribution < -0.4 is 17.1 Å². The van der Waals surface area contributed by atoms with E-state index in [4.69, 9.17) is 9.52 Å². The van der Waals surface area contributed by atoms with Crippen molar-refractivity contribution < 1.29 is 31.4 Å². The molecule has 6 nitrogen and oxygen atoms in total. The van der Waals surface area contributed by atoms with Crippen molar-refractivity contribution >= 4 is 5.97 Å². The molecular formula is C10H10ClN3O3. The predicted octanol–water partition coefficient (Wildman–Crippen LogP) is -2.58. The number of oxazole rings is 1. The van der Waals surface area contributed by atoms with Gasteiger partial charge in [-0.2, -0.15) is 0 Å². The van der Waals surface area contributed by atoms with Crippen molar-refractivity contribution in [2.75, 3.05) is 0 Å². The zero-order chi connectivity index (χ0) is 11.5. The van der Waals surface area contributed by atoms with Gasteiger partial charge in [0.25, 0.3) is 6.54 Å². The van der Waals surface area contributed by atoms with Gasteiger partial charge in [-0.3, -0.25) is 0 Å². The molecule has 0 aliphatic heterocycles. The minimum Gasteiger partial charge on any atom is -1.00 e. The molecule has 0 radical (unpaired) electrons. The Morgan fingerprint density at radius 2 is 2.35 bits per heavy atom. The van der Waals surface area contributed by atoms with Crippen LogP contribution in [0.15, 0.2) is 29.1 Å². The zero-order valence-electron chi connectivity index (χ0n) is 9.00. The molecule has 0 aliphatic carbocycles. The Bertz CT molecular complexity index is 510. The lowest BCUT2D eigenvalue weighted by molar-refractivity contribution is -0.743. The Labute approximate surface area is 103 Å². The number of aliphatic carboxylic acids is 1. The minimum atomic E-state index is -0.933. The fourth-order valence-electron chi connectivity index (χ4n) is 1.23. The number of aromatic nitrogens is 3. The Kier molecular flexibility index (Phi) is 4.17. The van der Waals surface area contributed by atoms with Crippen LogP contribution in [0.3, 0.4) is 0 Å². The van der Waals surface area contributed by atoms with E-state index in [1.54, 1.807) is 18.5 Å². The summed E-state index contributed by atoms with van der Waals surface area (Å²) in [5, 5.41) is 12.5. The van der Waals surface area contributed by atoms with Gasteiger partial charge >= 0.3 is 5.97 Å². The molecule has 0 saturated carbocycles. The summed E-state index contributed by atoms with van der Waals surface area (Å²) < 4.78 is 6.52. The van der Waals surface area contributed by atoms with E-state index in [1.165, 1.54) is 10.9 Å². The van der Waals surface area contributed by atoms with E-state index >= 15 is 0 Å². The van der Waals surface area contributed by atoms with Crippen molar-refractivity contribution in [2.45, 2.75) is 13.5 Å². The number of carbonyl (C=O) groups is 1. The van der Waals surface area contributed by atoms with Gasteiger partial charge in [-0.15, -0.1) is 0 Å². The second-order valence-corrected chi connectivity index (χ2v) is 3.30. The summed E-state index contributed by atoms with van der Waals surface area (Å²) >= 11 is 0. The molecule has 2 aromatic rings. The number of nitrogens with zero attached hydrogens (tertiary/aromatic N) is 3. The fraction of sp³-hybridized carbons (Fsp3) is 0.200. The Balaban J connectivity index is 0.00000144. The van der Waals surface area contributed by atoms with Gasteiger partial charge in [0.2, 0.25) is 5.89 Å². The second-order valence-electron chi connectivity index (χ2n) is 3.30. The third-order valence-electron chi connectivity index (χ3n) is 1.93. The molecule has 7 heteroatoms. The minimum absolute atomic E-state index is 0. The van der Waals surface area contributed by atoms with Crippen LogP contribution in [0.25, 0.3) is 11.5 Å². The number of hydrogen-bond donors (Lipinski definition) is 1. The summed E-state index contributed by atoms with van der Waals surface area (Å²) in [6.45, 7) is 1.67. The number of halogens is 1. The molecule has 0 spiro atoms. The van der Waals surface area contributed by atoms with Gasteiger partial charge in [0, 0.05) is 6.07 Å². The monoisotopic (exact) mass is 255 g/mol. The first-order chi connectivity index (χ1) is 7.65. The van der Waals surface area contributed by atoms with Gasteiger partial charge in [-0.1, -0.05) is 4.68 Å². The lowest BCUT2D eigenvalue weighted by atomic mass is 10.3. The SMILES string of the molecule is Cc1coc(-c2cc[n+](CC(=O)O)nc2)n1.[Cl-]. The Hall–Kier alpha value is -1.95. The first kappa shape index (κ1) is 13.1. The van der Waals surface area contributed by atoms with E-state index in [0.717, 1.165) is 11.3 Å². The molecule has 0 unspecified atom stereocenters. The maximum Gasteiger partial charge on any atom is 0.372 e. The topological polar surface area (TPSA) is 80.1 Å². The summed E-state index contributed by atoms with van der Waals surface area (Å²) in [4.78, 5) is 14.6. The smallest absolute Gasteiger partial charge is 0.372 e. The Morgan fingerprint density at radius 3 is 2.82 bits per heavy atom. The van der Waals surface area contributed by atoms with Crippen LogP contribution in [0.1, 0.15) is 5.69 Å². The molecule has 0 fully saturated rings. The number of hydrogen-bond acceptors (Lipinski definition) is 4. The summed E-state index contributed by atoms with van der Waals surface area (Å²) in [6, 6.07) is 1.71. The molecule has 0 aliphatic rings. The van der Waals surface area contributed by atoms with Crippen LogP contribution in [-0.2, 0) is 11.3 Å². The first-order valence-corrected chi connectivity index (χ1v) is 4.65. The van der Waals surface area contributed by atoms with E-state index in [2.05, 4.69) is 10.1 Å². The molecular weight excluding hydrogens is 246 g/mol. The molecule has 0 bridgehead atoms. The normalized spacial score (nSPS) is 9.71. The average molecular weight is 256 g/mol. The molecule has 0 atom stereocenters. The highest BCUT2D eigenvalue weighted by Crippen LogP contribution is 2.15. The van der Waals surface area contributed by atoms with Crippen molar-refractivity contribution in [3.63, 3.8) is 0 Å². The van der Waals surface area contributed by atoms with Crippen molar-refractivity contribution in [3.8, 4) is 11.5 Å². The molecule has 2 rings (SSSR count). The van der Waals surface area contributed by atoms with Crippen molar-refractivity contribution in [3.05, 3.63) is 30.4 Å². The largest absolute Gasteiger partial charge is 1.00 e. The molecule has 2 aromatic heterocycles. The number of rotatable bonds is 3. The van der Waals surface area contributed by atoms with Gasteiger partial charge in [0.1, 0.15) is 12.5 Å². The molecule has 2 heterocycles. The maximum absolute atomic E-state index is 10.4. The van der Waals surface area contributed by atoms with E-state index in [1.807, 2.05) is 6.92 Å². The van der Waals surface area contributed by atoms with Gasteiger partial charge in [0.05, 0.1) is 11.3 Å². The van der Waals surface area contributed by atoms with Crippen LogP contribution >= 0.6 is 0 Å². The summed E-state index contributed by atoms with van der Waals surface area (Å²) in [6.07, 6.45) is 4.64. The molecule has 90 valence electrons. The van der Waals surface area contributed by atoms with Gasteiger partial charge in [0.15, 0.2) is 6.20 Å². The van der Waals surface area contributed by atoms with Crippen molar-refractivity contribution in [1.82, 2.24) is 10.1 Å². The maximum atomic E-state index is 10.4. The van der Waals surface area contributed by atoms with Gasteiger partial charge in [-0.05, 0) is 12.0 Å². The molecule has 0 saturated heterocycles. The van der Waals surface area contributed by atoms with Crippen LogP contribution in [0, 0.1) is 6.92 Å². The fourth-order valence-corrected chi connectivity index (χ4v) is 1.23. The van der Waals surface area contributed by atoms with Crippen molar-refractivity contribution in [1.29, 1.82) is 0 Å². The highest BCUT2D eigenvalue weighted by molar-refractivity contribution is 5.64. The summed E-state index contributed by atoms with van der Waals surface area (Å²) in [5.41, 5.74) is 1.51. The number of carboxylic acids is 1. The third kappa shape index (κ3) is 3.25. The van der Waals surface area contributed by atoms with E-state index in [0.29, 0.717) is 5.89 Å². The van der Waals surface area contributed by atoms with Crippen molar-refractivity contribution in [2.24, 2.45) is 0 Å². The van der Waals surface area contributed by atoms with Crippen LogP contribution in [0.2, 0.25) is 0 Å². The average Bonchev–Trinajstić information content (AvgIpc) is 2.65. The molecule has 0 aromatic carbocycles. The van der Waals surface area contributed by atoms with Gasteiger partial charge in [-0.25, -0.2) is 9.78 Å². The predicted molar refractivity (Wildman–Crippen MR) is 52.3 cm³/mol. The van der Waals surface area contributed by atoms with E-state index in [9.17, 15) is 4.79 Å². The van der Waals surface area contributed by atoms with Crippen LogP contribution in [0.4, 0.5) is 0 Å². The lowest BCUT2D eigenvalue weighted by Crippen LogP contribution is -3.00. The summed E-state index contributed by atoms with van der Waals surface area (Å²) in [5.74, 6) is -0.454. The van der Waals surface area contributed by atoms with Crippen LogP contribution in [0.5, 0.6) is 0 Å². The highest BCUT2D eigenvalue weighted by Gasteiger charge is 2.11. The molecule has 17 heavy (non-hydrogen) atoms.